The molecule has 2 unspecified atom stereocenters. The van der Waals surface area contributed by atoms with E-state index in [1.807, 2.05) is 4.90 Å². The molecule has 18 nitrogen and oxygen atoms in total. The minimum atomic E-state index is -5.22. The third-order valence-corrected chi connectivity index (χ3v) is 16.4. The number of carbonyl (C=O) groups is 2. The van der Waals surface area contributed by atoms with Gasteiger partial charge in [-0.3, -0.25) is 37.8 Å². The molecule has 5 N–H and O–H groups in total. The van der Waals surface area contributed by atoms with Crippen LogP contribution in [-0.4, -0.2) is 132 Å². The fourth-order valence-electron chi connectivity index (χ4n) is 9.38. The summed E-state index contributed by atoms with van der Waals surface area (Å²) in [4.78, 5) is 35.7. The van der Waals surface area contributed by atoms with Crippen LogP contribution in [0.5, 0.6) is 0 Å². The van der Waals surface area contributed by atoms with Crippen molar-refractivity contribution in [2.45, 2.75) is 74.8 Å². The number of alkyl halides is 8. The summed E-state index contributed by atoms with van der Waals surface area (Å²) in [7, 11) is -3.91. The third-order valence-electron chi connectivity index (χ3n) is 13.5. The molecule has 4 heterocycles. The highest BCUT2D eigenvalue weighted by Gasteiger charge is 2.68. The molecule has 2 fully saturated rings. The summed E-state index contributed by atoms with van der Waals surface area (Å²) in [6.45, 7) is 0.298. The summed E-state index contributed by atoms with van der Waals surface area (Å²) in [5.41, 5.74) is -0.130. The Hall–Kier alpha value is -6.55. The lowest BCUT2D eigenvalue weighted by Crippen LogP contribution is -2.52. The highest BCUT2D eigenvalue weighted by molar-refractivity contribution is 7.92. The molecule has 8 rings (SSSR count). The minimum absolute atomic E-state index is 0.0135. The van der Waals surface area contributed by atoms with Crippen molar-refractivity contribution in [1.29, 1.82) is 5.41 Å². The van der Waals surface area contributed by atoms with Crippen LogP contribution >= 0.6 is 11.6 Å². The average Bonchev–Trinajstić information content (AvgIpc) is 3.77. The zero-order chi connectivity index (χ0) is 57.2. The molecule has 78 heavy (non-hydrogen) atoms. The number of guanidine groups is 1. The molecule has 3 aromatic heterocycles. The molecule has 2 aliphatic carbocycles. The highest BCUT2D eigenvalue weighted by Crippen LogP contribution is 2.68. The number of anilines is 1. The second-order valence-electron chi connectivity index (χ2n) is 19.3. The van der Waals surface area contributed by atoms with Gasteiger partial charge < -0.3 is 25.8 Å². The van der Waals surface area contributed by atoms with Gasteiger partial charge in [0.15, 0.2) is 27.3 Å². The van der Waals surface area contributed by atoms with Crippen LogP contribution in [-0.2, 0) is 62.3 Å². The summed E-state index contributed by atoms with van der Waals surface area (Å²) in [5, 5.41) is 19.1. The number of sulfone groups is 1. The van der Waals surface area contributed by atoms with Gasteiger partial charge in [0.1, 0.15) is 47.4 Å². The number of hydrogen-bond acceptors (Lipinski definition) is 11. The van der Waals surface area contributed by atoms with E-state index in [9.17, 15) is 61.9 Å². The van der Waals surface area contributed by atoms with Crippen LogP contribution in [0.25, 0.3) is 22.0 Å². The van der Waals surface area contributed by atoms with Gasteiger partial charge in [0, 0.05) is 85.5 Å². The van der Waals surface area contributed by atoms with Gasteiger partial charge in [-0.05, 0) is 74.4 Å². The van der Waals surface area contributed by atoms with Gasteiger partial charge in [0.05, 0.1) is 27.7 Å². The number of carbonyl (C=O) groups excluding carboxylic acids is 2. The Morgan fingerprint density at radius 1 is 1.00 bits per heavy atom. The fraction of sp³-hybridized carbons (Fsp3) is 0.447. The first-order valence-electron chi connectivity index (χ1n) is 23.5. The topological polar surface area (TPSA) is 241 Å². The van der Waals surface area contributed by atoms with Gasteiger partial charge in [0.2, 0.25) is 11.8 Å². The molecule has 5 aromatic rings. The number of amides is 2. The molecule has 1 saturated heterocycles. The van der Waals surface area contributed by atoms with E-state index in [0.29, 0.717) is 41.2 Å². The number of fused-ring (bicyclic) bond motifs is 4. The summed E-state index contributed by atoms with van der Waals surface area (Å²) >= 11 is 3.24. The number of rotatable bonds is 16. The number of nitrogens with zero attached hydrogens (tertiary/aromatic N) is 8. The number of nitrogens with one attached hydrogen (secondary N) is 3. The second-order valence-corrected chi connectivity index (χ2v) is 23.2. The van der Waals surface area contributed by atoms with Gasteiger partial charge in [-0.1, -0.05) is 23.6 Å². The number of hydrogen-bond donors (Lipinski definition) is 4. The van der Waals surface area contributed by atoms with Gasteiger partial charge >= 0.3 is 12.4 Å². The van der Waals surface area contributed by atoms with Crippen molar-refractivity contribution in [3.05, 3.63) is 93.0 Å². The first kappa shape index (κ1) is 57.6. The lowest BCUT2D eigenvalue weighted by atomic mass is 9.93. The molecule has 0 radical (unpaired) electrons. The number of pyridine rings is 1. The van der Waals surface area contributed by atoms with E-state index >= 15 is 8.78 Å². The Morgan fingerprint density at radius 2 is 1.65 bits per heavy atom. The fourth-order valence-corrected chi connectivity index (χ4v) is 10.3. The maximum Gasteiger partial charge on any atom is 0.435 e. The standard InChI is InChI=1S/C47H47ClF10N12O6S2/c1-44(2,78(3,75)76)9-8-27-4-5-28(38(62-27)33(18-24-16-25(49)19-26(50)17-24)63-35(72)21-68-41-36(40(64-68)47(56,57)58)30-20-31(30)46(41,54)55)29-6-7-32(48)37-39(29)69(23-45(51,52)53)65-42(37)70(77(73)74)22-34(71)61-10-11-66-12-14-67(15-13-66)43(59)60/h4-7,16-17,19,30-31,33H,10-15,18,20-23H2,1-3H3,(H3,59,60)(H,61,71)(H,63,72)(H,73,74)/p-1/t30-,31+,33?/m0/s1. The van der Waals surface area contributed by atoms with E-state index < -0.39 is 156 Å². The van der Waals surface area contributed by atoms with Gasteiger partial charge in [0.25, 0.3) is 5.92 Å². The Kier molecular flexibility index (Phi) is 15.7. The van der Waals surface area contributed by atoms with Crippen LogP contribution in [0.1, 0.15) is 66.1 Å². The SMILES string of the molecule is CC(C)(C#Cc1ccc(-c2ccc(Cl)c3c(N(CC(=O)NCCN4CCN(C(=N)N)CC4)S(=O)[O-])nn(CC(F)(F)F)c23)c(C(Cc2cc(F)cc(F)c2)NC(=O)Cn2nc(C(F)(F)F)c3c2C(F)(F)[C@@H]2C[C@H]32)n1)S(C)(=O)=O. The van der Waals surface area contributed by atoms with Crippen molar-refractivity contribution in [2.75, 3.05) is 56.4 Å². The van der Waals surface area contributed by atoms with Gasteiger partial charge in [-0.25, -0.2) is 22.2 Å². The molecule has 1 saturated carbocycles. The zero-order valence-electron chi connectivity index (χ0n) is 41.1. The lowest BCUT2D eigenvalue weighted by molar-refractivity contribution is -0.143. The molecule has 420 valence electrons. The maximum absolute atomic E-state index is 15.6. The highest BCUT2D eigenvalue weighted by atomic mass is 35.5. The first-order valence-corrected chi connectivity index (χ1v) is 26.8. The summed E-state index contributed by atoms with van der Waals surface area (Å²) in [6.07, 6.45) is -10.4. The van der Waals surface area contributed by atoms with Crippen LogP contribution in [0, 0.1) is 34.8 Å². The van der Waals surface area contributed by atoms with E-state index in [2.05, 4.69) is 37.7 Å². The van der Waals surface area contributed by atoms with Crippen molar-refractivity contribution >= 4 is 67.2 Å². The van der Waals surface area contributed by atoms with Crippen LogP contribution in [0.15, 0.2) is 42.5 Å². The molecular weight excluding hydrogens is 1120 g/mol. The molecular formula is C47H46ClF10N12O6S2-. The number of benzene rings is 2. The second kappa shape index (κ2) is 21.3. The Labute approximate surface area is 445 Å². The molecule has 1 aliphatic heterocycles. The Bertz CT molecular complexity index is 3410. The largest absolute Gasteiger partial charge is 0.755 e. The molecule has 2 aromatic carbocycles. The normalized spacial score (nSPS) is 18.2. The van der Waals surface area contributed by atoms with Crippen molar-refractivity contribution in [2.24, 2.45) is 11.7 Å². The molecule has 31 heteroatoms. The van der Waals surface area contributed by atoms with Crippen LogP contribution in [0.4, 0.5) is 49.7 Å². The van der Waals surface area contributed by atoms with Gasteiger partial charge in [-0.2, -0.15) is 45.3 Å². The van der Waals surface area contributed by atoms with E-state index in [-0.39, 0.29) is 52.5 Å². The van der Waals surface area contributed by atoms with Crippen molar-refractivity contribution < 1.29 is 70.7 Å². The smallest absolute Gasteiger partial charge is 0.435 e. The Morgan fingerprint density at radius 3 is 2.26 bits per heavy atom. The van der Waals surface area contributed by atoms with Crippen LogP contribution < -0.4 is 20.7 Å². The molecule has 2 amide bonds. The molecule has 3 aliphatic rings. The predicted molar refractivity (Wildman–Crippen MR) is 262 cm³/mol. The van der Waals surface area contributed by atoms with Crippen molar-refractivity contribution in [1.82, 2.24) is 45.0 Å². The van der Waals surface area contributed by atoms with Crippen molar-refractivity contribution in [3.8, 4) is 23.0 Å². The van der Waals surface area contributed by atoms with E-state index in [1.165, 1.54) is 26.0 Å². The average molecular weight is 1160 g/mol. The zero-order valence-corrected chi connectivity index (χ0v) is 43.5. The summed E-state index contributed by atoms with van der Waals surface area (Å²) in [6, 6.07) is 4.95. The van der Waals surface area contributed by atoms with E-state index in [4.69, 9.17) is 22.7 Å². The van der Waals surface area contributed by atoms with Gasteiger partial charge in [-0.15, -0.1) is 0 Å². The molecule has 0 bridgehead atoms. The number of halogens is 11. The van der Waals surface area contributed by atoms with Crippen LogP contribution in [0.3, 0.4) is 0 Å². The number of nitrogens with two attached hydrogens (primary N) is 1. The predicted octanol–water partition coefficient (Wildman–Crippen LogP) is 5.52. The monoisotopic (exact) mass is 1160 g/mol. The maximum atomic E-state index is 15.6. The Balaban J connectivity index is 1.25. The number of piperazine rings is 1. The quantitative estimate of drug-likeness (QED) is 0.0314. The third kappa shape index (κ3) is 12.2. The van der Waals surface area contributed by atoms with Crippen LogP contribution in [0.2, 0.25) is 5.02 Å². The summed E-state index contributed by atoms with van der Waals surface area (Å²) in [5.74, 6) is -6.80. The lowest BCUT2D eigenvalue weighted by Gasteiger charge is -2.34. The summed E-state index contributed by atoms with van der Waals surface area (Å²) < 4.78 is 198. The van der Waals surface area contributed by atoms with Crippen molar-refractivity contribution in [3.63, 3.8) is 0 Å². The molecule has 0 spiro atoms. The van der Waals surface area contributed by atoms with E-state index in [1.54, 1.807) is 4.90 Å². The molecule has 4 atom stereocenters. The number of aromatic nitrogens is 5. The van der Waals surface area contributed by atoms with E-state index in [0.717, 1.165) is 30.5 Å². The first-order chi connectivity index (χ1) is 36.2. The minimum Gasteiger partial charge on any atom is -0.755 e.